The minimum absolute atomic E-state index is 0.0237. The van der Waals surface area contributed by atoms with E-state index in [1.807, 2.05) is 0 Å². The van der Waals surface area contributed by atoms with E-state index in [2.05, 4.69) is 10.1 Å². The maximum atomic E-state index is 14.5. The molecule has 188 valence electrons. The van der Waals surface area contributed by atoms with Crippen LogP contribution in [0.2, 0.25) is 5.02 Å². The maximum Gasteiger partial charge on any atom is 0.416 e. The van der Waals surface area contributed by atoms with Gasteiger partial charge in [0, 0.05) is 31.3 Å². The molecular weight excluding hydrogens is 506 g/mol. The molecule has 8 nitrogen and oxygen atoms in total. The van der Waals surface area contributed by atoms with Crippen LogP contribution in [0.15, 0.2) is 46.7 Å². The minimum atomic E-state index is -4.71. The number of halogens is 5. The summed E-state index contributed by atoms with van der Waals surface area (Å²) in [6.07, 6.45) is -2.22. The Kier molecular flexibility index (Phi) is 5.86. The number of aromatic nitrogens is 3. The van der Waals surface area contributed by atoms with E-state index in [9.17, 15) is 27.2 Å². The summed E-state index contributed by atoms with van der Waals surface area (Å²) in [5, 5.41) is 3.08. The van der Waals surface area contributed by atoms with Crippen molar-refractivity contribution in [2.24, 2.45) is 5.16 Å². The zero-order valence-electron chi connectivity index (χ0n) is 18.7. The largest absolute Gasteiger partial charge is 0.416 e. The number of oxime groups is 1. The molecule has 1 atom stereocenters. The maximum absolute atomic E-state index is 14.5. The number of rotatable bonds is 4. The van der Waals surface area contributed by atoms with Crippen molar-refractivity contribution in [1.29, 1.82) is 0 Å². The van der Waals surface area contributed by atoms with E-state index in [1.54, 1.807) is 29.8 Å². The van der Waals surface area contributed by atoms with Gasteiger partial charge in [0.1, 0.15) is 11.4 Å². The molecular formula is C23H18ClF4N5O3. The molecule has 2 aliphatic rings. The third-order valence-corrected chi connectivity index (χ3v) is 6.34. The predicted octanol–water partition coefficient (Wildman–Crippen LogP) is 3.80. The van der Waals surface area contributed by atoms with Crippen LogP contribution >= 0.6 is 11.6 Å². The number of alkyl halides is 3. The van der Waals surface area contributed by atoms with Gasteiger partial charge in [-0.2, -0.15) is 13.2 Å². The van der Waals surface area contributed by atoms with Gasteiger partial charge in [-0.25, -0.2) is 9.37 Å². The van der Waals surface area contributed by atoms with Crippen LogP contribution in [0.5, 0.6) is 0 Å². The van der Waals surface area contributed by atoms with E-state index in [0.717, 1.165) is 5.69 Å². The molecule has 0 bridgehead atoms. The average Bonchev–Trinajstić information content (AvgIpc) is 3.46. The SMILES string of the molecule is Cc1cn(-c2ccc3n(c2=O)CCN(CC2CC(c4cc(C(F)(F)F)cc(Cl)c4F)=NO2)C3=O)cn1. The summed E-state index contributed by atoms with van der Waals surface area (Å²) in [5.74, 6) is -1.43. The number of fused-ring (bicyclic) bond motifs is 1. The number of imidazole rings is 1. The first kappa shape index (κ1) is 24.0. The second kappa shape index (κ2) is 8.77. The standard InChI is InChI=1S/C23H18ClF4N5O3/c1-12-9-32(11-29-12)18-2-3-19-21(34)31(4-5-33(19)22(18)35)10-14-8-17(30-36-14)15-6-13(23(26,27)28)7-16(24)20(15)25/h2-3,6-7,9,11,14H,4-5,8,10H2,1H3. The highest BCUT2D eigenvalue weighted by molar-refractivity contribution is 6.31. The topological polar surface area (TPSA) is 81.7 Å². The first-order chi connectivity index (χ1) is 17.0. The Bertz CT molecular complexity index is 1460. The van der Waals surface area contributed by atoms with Crippen LogP contribution in [-0.2, 0) is 17.6 Å². The smallest absolute Gasteiger partial charge is 0.390 e. The van der Waals surface area contributed by atoms with Crippen LogP contribution in [-0.4, -0.2) is 49.8 Å². The van der Waals surface area contributed by atoms with E-state index in [1.165, 1.54) is 15.8 Å². The van der Waals surface area contributed by atoms with Gasteiger partial charge >= 0.3 is 6.18 Å². The first-order valence-electron chi connectivity index (χ1n) is 10.9. The van der Waals surface area contributed by atoms with Gasteiger partial charge in [-0.05, 0) is 31.2 Å². The number of hydrogen-bond acceptors (Lipinski definition) is 5. The molecule has 1 amide bonds. The molecule has 0 radical (unpaired) electrons. The molecule has 0 saturated carbocycles. The third-order valence-electron chi connectivity index (χ3n) is 6.07. The summed E-state index contributed by atoms with van der Waals surface area (Å²) in [6.45, 7) is 2.29. The van der Waals surface area contributed by atoms with Gasteiger partial charge in [0.05, 0.1) is 34.9 Å². The van der Waals surface area contributed by atoms with Gasteiger partial charge in [0.2, 0.25) is 0 Å². The Morgan fingerprint density at radius 2 is 1.97 bits per heavy atom. The number of carbonyl (C=O) groups excluding carboxylic acids is 1. The van der Waals surface area contributed by atoms with Crippen LogP contribution in [0.4, 0.5) is 17.6 Å². The fraction of sp³-hybridized carbons (Fsp3) is 0.304. The molecule has 5 rings (SSSR count). The van der Waals surface area contributed by atoms with E-state index >= 15 is 0 Å². The van der Waals surface area contributed by atoms with Crippen molar-refractivity contribution in [3.8, 4) is 5.69 Å². The number of amides is 1. The Labute approximate surface area is 206 Å². The van der Waals surface area contributed by atoms with Crippen LogP contribution in [0.1, 0.15) is 33.7 Å². The fourth-order valence-electron chi connectivity index (χ4n) is 4.28. The first-order valence-corrected chi connectivity index (χ1v) is 11.2. The van der Waals surface area contributed by atoms with Crippen molar-refractivity contribution >= 4 is 23.2 Å². The van der Waals surface area contributed by atoms with Crippen LogP contribution in [0.25, 0.3) is 5.69 Å². The molecule has 4 heterocycles. The van der Waals surface area contributed by atoms with Crippen molar-refractivity contribution in [2.75, 3.05) is 13.1 Å². The molecule has 13 heteroatoms. The lowest BCUT2D eigenvalue weighted by atomic mass is 10.0. The Morgan fingerprint density at radius 3 is 2.67 bits per heavy atom. The molecule has 0 fully saturated rings. The molecule has 0 aliphatic carbocycles. The van der Waals surface area contributed by atoms with Crippen LogP contribution in [0.3, 0.4) is 0 Å². The number of pyridine rings is 1. The average molecular weight is 524 g/mol. The van der Waals surface area contributed by atoms with E-state index in [-0.39, 0.29) is 43.0 Å². The number of benzene rings is 1. The highest BCUT2D eigenvalue weighted by atomic mass is 35.5. The molecule has 0 N–H and O–H groups in total. The van der Waals surface area contributed by atoms with E-state index < -0.39 is 40.2 Å². The van der Waals surface area contributed by atoms with E-state index in [4.69, 9.17) is 16.4 Å². The molecule has 2 aromatic heterocycles. The van der Waals surface area contributed by atoms with Gasteiger partial charge in [-0.3, -0.25) is 9.59 Å². The van der Waals surface area contributed by atoms with Gasteiger partial charge in [-0.15, -0.1) is 0 Å². The zero-order valence-corrected chi connectivity index (χ0v) is 19.5. The van der Waals surface area contributed by atoms with Crippen molar-refractivity contribution in [3.63, 3.8) is 0 Å². The Morgan fingerprint density at radius 1 is 1.19 bits per heavy atom. The minimum Gasteiger partial charge on any atom is -0.390 e. The lowest BCUT2D eigenvalue weighted by Crippen LogP contribution is -2.47. The zero-order chi connectivity index (χ0) is 25.8. The summed E-state index contributed by atoms with van der Waals surface area (Å²) in [6, 6.07) is 4.25. The van der Waals surface area contributed by atoms with Crippen LogP contribution < -0.4 is 5.56 Å². The van der Waals surface area contributed by atoms with Crippen molar-refractivity contribution < 1.29 is 27.2 Å². The molecule has 2 aliphatic heterocycles. The number of carbonyl (C=O) groups is 1. The monoisotopic (exact) mass is 523 g/mol. The lowest BCUT2D eigenvalue weighted by molar-refractivity contribution is -0.137. The number of hydrogen-bond donors (Lipinski definition) is 0. The van der Waals surface area contributed by atoms with Gasteiger partial charge < -0.3 is 18.9 Å². The highest BCUT2D eigenvalue weighted by Crippen LogP contribution is 2.35. The summed E-state index contributed by atoms with van der Waals surface area (Å²) >= 11 is 5.67. The second-order valence-electron chi connectivity index (χ2n) is 8.52. The normalized spacial score (nSPS) is 17.7. The van der Waals surface area contributed by atoms with Crippen molar-refractivity contribution in [1.82, 2.24) is 19.0 Å². The lowest BCUT2D eigenvalue weighted by Gasteiger charge is -2.30. The molecule has 36 heavy (non-hydrogen) atoms. The molecule has 0 saturated heterocycles. The summed E-state index contributed by atoms with van der Waals surface area (Å²) in [7, 11) is 0. The number of aryl methyl sites for hydroxylation is 1. The fourth-order valence-corrected chi connectivity index (χ4v) is 4.50. The summed E-state index contributed by atoms with van der Waals surface area (Å²) in [4.78, 5) is 36.9. The van der Waals surface area contributed by atoms with E-state index in [0.29, 0.717) is 17.8 Å². The molecule has 1 aromatic carbocycles. The molecule has 1 unspecified atom stereocenters. The highest BCUT2D eigenvalue weighted by Gasteiger charge is 2.35. The Balaban J connectivity index is 1.32. The van der Waals surface area contributed by atoms with Crippen molar-refractivity contribution in [2.45, 2.75) is 32.2 Å². The molecule has 3 aromatic rings. The van der Waals surface area contributed by atoms with Gasteiger partial charge in [0.15, 0.2) is 11.9 Å². The van der Waals surface area contributed by atoms with Gasteiger partial charge in [-0.1, -0.05) is 16.8 Å². The van der Waals surface area contributed by atoms with Crippen molar-refractivity contribution in [3.05, 3.63) is 80.5 Å². The second-order valence-corrected chi connectivity index (χ2v) is 8.93. The van der Waals surface area contributed by atoms with Crippen LogP contribution in [0, 0.1) is 12.7 Å². The Hall–Kier alpha value is -3.67. The number of nitrogens with zero attached hydrogens (tertiary/aromatic N) is 5. The third kappa shape index (κ3) is 4.25. The predicted molar refractivity (Wildman–Crippen MR) is 121 cm³/mol. The molecule has 0 spiro atoms. The van der Waals surface area contributed by atoms with Gasteiger partial charge in [0.25, 0.3) is 11.5 Å². The summed E-state index contributed by atoms with van der Waals surface area (Å²) < 4.78 is 56.9. The quantitative estimate of drug-likeness (QED) is 0.487. The summed E-state index contributed by atoms with van der Waals surface area (Å²) in [5.41, 5.74) is -0.578.